The number of halogens is 1. The number of aromatic nitrogens is 1. The Morgan fingerprint density at radius 2 is 1.89 bits per heavy atom. The van der Waals surface area contributed by atoms with Crippen molar-refractivity contribution in [2.75, 3.05) is 18.4 Å². The normalized spacial score (nSPS) is 16.8. The lowest BCUT2D eigenvalue weighted by atomic mass is 10.1. The molecule has 2 heterocycles. The van der Waals surface area contributed by atoms with Crippen molar-refractivity contribution in [2.45, 2.75) is 32.1 Å². The van der Waals surface area contributed by atoms with Crippen LogP contribution in [0, 0.1) is 5.82 Å². The number of hydrogen-bond donors (Lipinski definition) is 1. The molecule has 4 nitrogen and oxygen atoms in total. The van der Waals surface area contributed by atoms with Crippen LogP contribution in [0.15, 0.2) is 18.5 Å². The van der Waals surface area contributed by atoms with E-state index in [1.54, 1.807) is 4.90 Å². The average molecular weight is 251 g/mol. The topological polar surface area (TPSA) is 45.2 Å². The summed E-state index contributed by atoms with van der Waals surface area (Å²) in [5, 5.41) is 2.60. The highest BCUT2D eigenvalue weighted by molar-refractivity contribution is 5.89. The zero-order valence-corrected chi connectivity index (χ0v) is 10.4. The van der Waals surface area contributed by atoms with E-state index in [1.807, 2.05) is 0 Å². The van der Waals surface area contributed by atoms with Crippen LogP contribution in [0.1, 0.15) is 32.1 Å². The second kappa shape index (κ2) is 6.33. The van der Waals surface area contributed by atoms with E-state index < -0.39 is 5.82 Å². The van der Waals surface area contributed by atoms with Crippen LogP contribution in [-0.4, -0.2) is 29.0 Å². The van der Waals surface area contributed by atoms with Crippen LogP contribution in [0.25, 0.3) is 0 Å². The van der Waals surface area contributed by atoms with Crippen LogP contribution in [0.3, 0.4) is 0 Å². The first-order valence-electron chi connectivity index (χ1n) is 6.43. The van der Waals surface area contributed by atoms with Gasteiger partial charge in [0.15, 0.2) is 5.82 Å². The minimum atomic E-state index is -0.502. The fourth-order valence-electron chi connectivity index (χ4n) is 2.12. The van der Waals surface area contributed by atoms with E-state index >= 15 is 0 Å². The zero-order valence-electron chi connectivity index (χ0n) is 10.4. The molecular weight excluding hydrogens is 233 g/mol. The summed E-state index contributed by atoms with van der Waals surface area (Å²) in [7, 11) is 0. The Balaban J connectivity index is 1.96. The number of nitrogens with one attached hydrogen (secondary N) is 1. The van der Waals surface area contributed by atoms with Gasteiger partial charge in [0.2, 0.25) is 0 Å². The summed E-state index contributed by atoms with van der Waals surface area (Å²) in [6.45, 7) is 1.50. The van der Waals surface area contributed by atoms with Crippen molar-refractivity contribution in [3.63, 3.8) is 0 Å². The van der Waals surface area contributed by atoms with Gasteiger partial charge in [-0.25, -0.2) is 9.18 Å². The minimum absolute atomic E-state index is 0.192. The molecule has 1 aliphatic heterocycles. The number of amides is 2. The van der Waals surface area contributed by atoms with Gasteiger partial charge in [-0.05, 0) is 18.9 Å². The minimum Gasteiger partial charge on any atom is -0.325 e. The van der Waals surface area contributed by atoms with Gasteiger partial charge < -0.3 is 10.2 Å². The van der Waals surface area contributed by atoms with E-state index in [2.05, 4.69) is 10.3 Å². The number of rotatable bonds is 1. The zero-order chi connectivity index (χ0) is 12.8. The van der Waals surface area contributed by atoms with Crippen molar-refractivity contribution >= 4 is 11.7 Å². The van der Waals surface area contributed by atoms with Crippen molar-refractivity contribution in [3.8, 4) is 0 Å². The molecule has 0 aliphatic carbocycles. The van der Waals surface area contributed by atoms with Gasteiger partial charge in [0, 0.05) is 19.3 Å². The average Bonchev–Trinajstić information content (AvgIpc) is 2.31. The molecule has 5 heteroatoms. The molecule has 18 heavy (non-hydrogen) atoms. The Morgan fingerprint density at radius 1 is 1.22 bits per heavy atom. The lowest BCUT2D eigenvalue weighted by Crippen LogP contribution is -2.37. The largest absolute Gasteiger partial charge is 0.325 e. The smallest absolute Gasteiger partial charge is 0.321 e. The highest BCUT2D eigenvalue weighted by atomic mass is 19.1. The fourth-order valence-corrected chi connectivity index (χ4v) is 2.12. The summed E-state index contributed by atoms with van der Waals surface area (Å²) in [4.78, 5) is 17.4. The van der Waals surface area contributed by atoms with Crippen molar-refractivity contribution in [2.24, 2.45) is 0 Å². The third kappa shape index (κ3) is 3.42. The van der Waals surface area contributed by atoms with Crippen molar-refractivity contribution in [1.82, 2.24) is 9.88 Å². The molecule has 0 spiro atoms. The number of hydrogen-bond acceptors (Lipinski definition) is 2. The first-order chi connectivity index (χ1) is 8.77. The maximum absolute atomic E-state index is 13.4. The number of carbonyl (C=O) groups excluding carboxylic acids is 1. The predicted molar refractivity (Wildman–Crippen MR) is 67.9 cm³/mol. The Labute approximate surface area is 106 Å². The summed E-state index contributed by atoms with van der Waals surface area (Å²) >= 11 is 0. The molecule has 0 saturated carbocycles. The fraction of sp³-hybridized carbons (Fsp3) is 0.538. The molecule has 1 aliphatic rings. The Hall–Kier alpha value is -1.65. The summed E-state index contributed by atoms with van der Waals surface area (Å²) in [6.07, 6.45) is 8.17. The van der Waals surface area contributed by atoms with Gasteiger partial charge in [-0.1, -0.05) is 19.3 Å². The van der Waals surface area contributed by atoms with E-state index in [1.165, 1.54) is 18.7 Å². The third-order valence-corrected chi connectivity index (χ3v) is 3.16. The third-order valence-electron chi connectivity index (χ3n) is 3.16. The SMILES string of the molecule is O=C(Nc1ccncc1F)N1CCCCCCC1. The first-order valence-corrected chi connectivity index (χ1v) is 6.43. The van der Waals surface area contributed by atoms with Gasteiger partial charge in [0.1, 0.15) is 0 Å². The van der Waals surface area contributed by atoms with Gasteiger partial charge in [-0.3, -0.25) is 4.98 Å². The molecule has 1 N–H and O–H groups in total. The number of nitrogens with zero attached hydrogens (tertiary/aromatic N) is 2. The molecule has 0 atom stereocenters. The van der Waals surface area contributed by atoms with E-state index in [9.17, 15) is 9.18 Å². The molecule has 98 valence electrons. The molecule has 0 radical (unpaired) electrons. The van der Waals surface area contributed by atoms with E-state index in [0.29, 0.717) is 0 Å². The summed E-state index contributed by atoms with van der Waals surface area (Å²) < 4.78 is 13.4. The number of anilines is 1. The van der Waals surface area contributed by atoms with Crippen LogP contribution < -0.4 is 5.32 Å². The van der Waals surface area contributed by atoms with E-state index in [0.717, 1.165) is 45.0 Å². The Kier molecular flexibility index (Phi) is 4.50. The number of pyridine rings is 1. The van der Waals surface area contributed by atoms with Crippen LogP contribution in [0.2, 0.25) is 0 Å². The van der Waals surface area contributed by atoms with Crippen LogP contribution in [-0.2, 0) is 0 Å². The number of urea groups is 1. The standard InChI is InChI=1S/C13H18FN3O/c14-11-10-15-7-6-12(11)16-13(18)17-8-4-2-1-3-5-9-17/h6-7,10H,1-5,8-9H2,(H,15,16,18). The van der Waals surface area contributed by atoms with Gasteiger partial charge in [-0.2, -0.15) is 0 Å². The molecule has 0 unspecified atom stereocenters. The van der Waals surface area contributed by atoms with E-state index in [4.69, 9.17) is 0 Å². The second-order valence-electron chi connectivity index (χ2n) is 4.54. The molecule has 2 rings (SSSR count). The summed E-state index contributed by atoms with van der Waals surface area (Å²) in [5.74, 6) is -0.502. The molecule has 2 amide bonds. The molecule has 1 aromatic rings. The number of carbonyl (C=O) groups is 1. The maximum atomic E-state index is 13.4. The van der Waals surface area contributed by atoms with Crippen molar-refractivity contribution in [3.05, 3.63) is 24.3 Å². The molecule has 1 fully saturated rings. The maximum Gasteiger partial charge on any atom is 0.321 e. The van der Waals surface area contributed by atoms with Gasteiger partial charge in [0.05, 0.1) is 11.9 Å². The predicted octanol–water partition coefficient (Wildman–Crippen LogP) is 3.02. The molecule has 0 bridgehead atoms. The molecule has 1 aromatic heterocycles. The van der Waals surface area contributed by atoms with Crippen LogP contribution in [0.5, 0.6) is 0 Å². The monoisotopic (exact) mass is 251 g/mol. The van der Waals surface area contributed by atoms with Gasteiger partial charge in [-0.15, -0.1) is 0 Å². The van der Waals surface area contributed by atoms with Crippen molar-refractivity contribution in [1.29, 1.82) is 0 Å². The Bertz CT molecular complexity index is 403. The number of likely N-dealkylation sites (tertiary alicyclic amines) is 1. The van der Waals surface area contributed by atoms with Crippen LogP contribution in [0.4, 0.5) is 14.9 Å². The molecule has 0 aromatic carbocycles. The summed E-state index contributed by atoms with van der Waals surface area (Å²) in [6, 6.07) is 1.25. The molecule has 1 saturated heterocycles. The second-order valence-corrected chi connectivity index (χ2v) is 4.54. The van der Waals surface area contributed by atoms with Crippen LogP contribution >= 0.6 is 0 Å². The van der Waals surface area contributed by atoms with Crippen molar-refractivity contribution < 1.29 is 9.18 Å². The lowest BCUT2D eigenvalue weighted by molar-refractivity contribution is 0.206. The highest BCUT2D eigenvalue weighted by Gasteiger charge is 2.15. The highest BCUT2D eigenvalue weighted by Crippen LogP contribution is 2.14. The van der Waals surface area contributed by atoms with Gasteiger partial charge >= 0.3 is 6.03 Å². The van der Waals surface area contributed by atoms with E-state index in [-0.39, 0.29) is 11.7 Å². The summed E-state index contributed by atoms with van der Waals surface area (Å²) in [5.41, 5.74) is 0.192. The lowest BCUT2D eigenvalue weighted by Gasteiger charge is -2.25. The first kappa shape index (κ1) is 12.8. The molecular formula is C13H18FN3O. The van der Waals surface area contributed by atoms with Gasteiger partial charge in [0.25, 0.3) is 0 Å². The quantitative estimate of drug-likeness (QED) is 0.833. The Morgan fingerprint density at radius 3 is 2.56 bits per heavy atom.